The molecular weight excluding hydrogens is 300 g/mol. The average Bonchev–Trinajstić information content (AvgIpc) is 3.16. The van der Waals surface area contributed by atoms with Crippen LogP contribution in [0.1, 0.15) is 31.7 Å². The summed E-state index contributed by atoms with van der Waals surface area (Å²) < 4.78 is 6.64. The van der Waals surface area contributed by atoms with Crippen LogP contribution in [0, 0.1) is 0 Å². The molecule has 22 heavy (non-hydrogen) atoms. The van der Waals surface area contributed by atoms with E-state index >= 15 is 0 Å². The average molecular weight is 318 g/mol. The van der Waals surface area contributed by atoms with Crippen molar-refractivity contribution in [2.45, 2.75) is 43.0 Å². The Balaban J connectivity index is 1.74. The third-order valence-corrected chi connectivity index (χ3v) is 4.75. The molecule has 1 saturated heterocycles. The molecule has 1 aliphatic heterocycles. The molecule has 1 aromatic heterocycles. The molecule has 0 amide bonds. The molecule has 116 valence electrons. The van der Waals surface area contributed by atoms with E-state index < -0.39 is 0 Å². The smallest absolute Gasteiger partial charge is 0.319 e. The monoisotopic (exact) mass is 318 g/mol. The van der Waals surface area contributed by atoms with Crippen LogP contribution in [0.2, 0.25) is 0 Å². The molecule has 6 nitrogen and oxygen atoms in total. The van der Waals surface area contributed by atoms with Gasteiger partial charge in [0.25, 0.3) is 0 Å². The van der Waals surface area contributed by atoms with Crippen LogP contribution in [0.4, 0.5) is 0 Å². The number of carbonyl (C=O) groups excluding carboxylic acids is 1. The molecule has 2 heterocycles. The number of tetrazole rings is 1. The van der Waals surface area contributed by atoms with Gasteiger partial charge in [0.15, 0.2) is 0 Å². The second kappa shape index (κ2) is 6.91. The van der Waals surface area contributed by atoms with Crippen molar-refractivity contribution in [3.63, 3.8) is 0 Å². The lowest BCUT2D eigenvalue weighted by atomic mass is 10.1. The number of aromatic nitrogens is 4. The van der Waals surface area contributed by atoms with Crippen LogP contribution in [0.15, 0.2) is 29.4 Å². The standard InChI is InChI=1S/C15H18N4O2S/c1-2-3-4-11-5-7-12(8-6-11)19-15(16-17-18-19)22-13-9-10-21-14(13)20/h5-8,13H,2-4,9-10H2,1H3/t13-/m1/s1. The Morgan fingerprint density at radius 2 is 2.18 bits per heavy atom. The van der Waals surface area contributed by atoms with E-state index in [1.807, 2.05) is 12.1 Å². The largest absolute Gasteiger partial charge is 0.465 e. The summed E-state index contributed by atoms with van der Waals surface area (Å²) in [6.45, 7) is 2.66. The first-order valence-electron chi connectivity index (χ1n) is 7.49. The number of ether oxygens (including phenoxy) is 1. The number of hydrogen-bond donors (Lipinski definition) is 0. The van der Waals surface area contributed by atoms with Crippen LogP contribution < -0.4 is 0 Å². The summed E-state index contributed by atoms with van der Waals surface area (Å²) in [5.41, 5.74) is 2.21. The van der Waals surface area contributed by atoms with E-state index in [9.17, 15) is 4.79 Å². The molecule has 0 radical (unpaired) electrons. The zero-order valence-electron chi connectivity index (χ0n) is 12.4. The van der Waals surface area contributed by atoms with Crippen LogP contribution >= 0.6 is 11.8 Å². The Kier molecular flexibility index (Phi) is 4.72. The van der Waals surface area contributed by atoms with Gasteiger partial charge >= 0.3 is 5.97 Å². The molecule has 1 atom stereocenters. The number of thioether (sulfide) groups is 1. The highest BCUT2D eigenvalue weighted by Crippen LogP contribution is 2.28. The maximum Gasteiger partial charge on any atom is 0.319 e. The highest BCUT2D eigenvalue weighted by molar-refractivity contribution is 8.00. The second-order valence-electron chi connectivity index (χ2n) is 5.21. The summed E-state index contributed by atoms with van der Waals surface area (Å²) in [5.74, 6) is -0.186. The van der Waals surface area contributed by atoms with Crippen LogP contribution in [0.3, 0.4) is 0 Å². The molecule has 0 N–H and O–H groups in total. The van der Waals surface area contributed by atoms with Crippen molar-refractivity contribution in [3.05, 3.63) is 29.8 Å². The van der Waals surface area contributed by atoms with Crippen molar-refractivity contribution >= 4 is 17.7 Å². The predicted molar refractivity (Wildman–Crippen MR) is 83.0 cm³/mol. The van der Waals surface area contributed by atoms with Crippen LogP contribution in [0.25, 0.3) is 5.69 Å². The molecule has 2 aromatic rings. The maximum atomic E-state index is 11.6. The fraction of sp³-hybridized carbons (Fsp3) is 0.467. The molecule has 0 unspecified atom stereocenters. The quantitative estimate of drug-likeness (QED) is 0.762. The van der Waals surface area contributed by atoms with Crippen molar-refractivity contribution in [1.29, 1.82) is 0 Å². The molecule has 1 aromatic carbocycles. The van der Waals surface area contributed by atoms with Crippen molar-refractivity contribution < 1.29 is 9.53 Å². The molecule has 0 spiro atoms. The lowest BCUT2D eigenvalue weighted by Crippen LogP contribution is -2.11. The SMILES string of the molecule is CCCCc1ccc(-n2nnnc2S[C@@H]2CCOC2=O)cc1. The van der Waals surface area contributed by atoms with Gasteiger partial charge in [0.1, 0.15) is 5.25 Å². The summed E-state index contributed by atoms with van der Waals surface area (Å²) in [6, 6.07) is 8.23. The van der Waals surface area contributed by atoms with Crippen molar-refractivity contribution in [2.24, 2.45) is 0 Å². The van der Waals surface area contributed by atoms with E-state index in [1.54, 1.807) is 4.68 Å². The number of rotatable bonds is 6. The third-order valence-electron chi connectivity index (χ3n) is 3.58. The van der Waals surface area contributed by atoms with E-state index in [0.717, 1.165) is 12.1 Å². The fourth-order valence-corrected chi connectivity index (χ4v) is 3.27. The number of aryl methyl sites for hydroxylation is 1. The number of hydrogen-bond acceptors (Lipinski definition) is 6. The molecule has 3 rings (SSSR count). The Labute approximate surface area is 133 Å². The Morgan fingerprint density at radius 1 is 1.36 bits per heavy atom. The molecule has 1 aliphatic rings. The highest BCUT2D eigenvalue weighted by Gasteiger charge is 2.29. The van der Waals surface area contributed by atoms with E-state index in [0.29, 0.717) is 18.2 Å². The first-order chi connectivity index (χ1) is 10.8. The van der Waals surface area contributed by atoms with Crippen molar-refractivity contribution in [2.75, 3.05) is 6.61 Å². The third kappa shape index (κ3) is 3.30. The number of esters is 1. The summed E-state index contributed by atoms with van der Waals surface area (Å²) in [7, 11) is 0. The van der Waals surface area contributed by atoms with Gasteiger partial charge in [-0.3, -0.25) is 4.79 Å². The van der Waals surface area contributed by atoms with E-state index in [1.165, 1.54) is 30.2 Å². The number of benzene rings is 1. The first kappa shape index (κ1) is 15.0. The molecule has 0 aliphatic carbocycles. The summed E-state index contributed by atoms with van der Waals surface area (Å²) in [6.07, 6.45) is 4.16. The molecule has 0 saturated carbocycles. The zero-order valence-corrected chi connectivity index (χ0v) is 13.3. The topological polar surface area (TPSA) is 69.9 Å². The highest BCUT2D eigenvalue weighted by atomic mass is 32.2. The van der Waals surface area contributed by atoms with Crippen molar-refractivity contribution in [3.8, 4) is 5.69 Å². The molecule has 0 bridgehead atoms. The Morgan fingerprint density at radius 3 is 2.86 bits per heavy atom. The van der Waals surface area contributed by atoms with Gasteiger partial charge in [0.2, 0.25) is 5.16 Å². The van der Waals surface area contributed by atoms with Gasteiger partial charge < -0.3 is 4.74 Å². The predicted octanol–water partition coefficient (Wildman–Crippen LogP) is 2.41. The van der Waals surface area contributed by atoms with Gasteiger partial charge in [-0.15, -0.1) is 5.10 Å². The minimum absolute atomic E-state index is 0.186. The van der Waals surface area contributed by atoms with Gasteiger partial charge in [-0.25, -0.2) is 0 Å². The number of carbonyl (C=O) groups is 1. The normalized spacial score (nSPS) is 17.7. The number of cyclic esters (lactones) is 1. The Hall–Kier alpha value is -1.89. The summed E-state index contributed by atoms with van der Waals surface area (Å²) >= 11 is 1.36. The Bertz CT molecular complexity index is 641. The van der Waals surface area contributed by atoms with Gasteiger partial charge in [-0.2, -0.15) is 4.68 Å². The van der Waals surface area contributed by atoms with E-state index in [2.05, 4.69) is 34.6 Å². The van der Waals surface area contributed by atoms with Crippen molar-refractivity contribution in [1.82, 2.24) is 20.2 Å². The maximum absolute atomic E-state index is 11.6. The first-order valence-corrected chi connectivity index (χ1v) is 8.37. The van der Waals surface area contributed by atoms with Crippen LogP contribution in [-0.4, -0.2) is 38.0 Å². The van der Waals surface area contributed by atoms with Gasteiger partial charge in [-0.05, 0) is 41.0 Å². The lowest BCUT2D eigenvalue weighted by molar-refractivity contribution is -0.137. The molecule has 7 heteroatoms. The molecular formula is C15H18N4O2S. The van der Waals surface area contributed by atoms with Gasteiger partial charge in [0.05, 0.1) is 12.3 Å². The second-order valence-corrected chi connectivity index (χ2v) is 6.38. The van der Waals surface area contributed by atoms with E-state index in [-0.39, 0.29) is 11.2 Å². The fourth-order valence-electron chi connectivity index (χ4n) is 2.31. The lowest BCUT2D eigenvalue weighted by Gasteiger charge is -2.07. The van der Waals surface area contributed by atoms with E-state index in [4.69, 9.17) is 4.74 Å². The summed E-state index contributed by atoms with van der Waals surface area (Å²) in [4.78, 5) is 11.6. The minimum Gasteiger partial charge on any atom is -0.465 e. The summed E-state index contributed by atoms with van der Waals surface area (Å²) in [5, 5.41) is 12.2. The minimum atomic E-state index is -0.214. The van der Waals surface area contributed by atoms with Crippen LogP contribution in [-0.2, 0) is 16.0 Å². The van der Waals surface area contributed by atoms with Gasteiger partial charge in [-0.1, -0.05) is 37.2 Å². The zero-order chi connectivity index (χ0) is 15.4. The van der Waals surface area contributed by atoms with Gasteiger partial charge in [0, 0.05) is 6.42 Å². The molecule has 1 fully saturated rings. The number of nitrogens with zero attached hydrogens (tertiary/aromatic N) is 4. The number of unbranched alkanes of at least 4 members (excludes halogenated alkanes) is 1. The van der Waals surface area contributed by atoms with Crippen LogP contribution in [0.5, 0.6) is 0 Å².